The van der Waals surface area contributed by atoms with E-state index in [2.05, 4.69) is 63.4 Å². The van der Waals surface area contributed by atoms with Gasteiger partial charge in [-0.05, 0) is 69.3 Å². The number of benzene rings is 3. The van der Waals surface area contributed by atoms with E-state index in [9.17, 15) is 9.59 Å². The van der Waals surface area contributed by atoms with Crippen molar-refractivity contribution < 1.29 is 9.59 Å². The molecular weight excluding hydrogens is 500 g/mol. The molecule has 0 radical (unpaired) electrons. The number of rotatable bonds is 7. The summed E-state index contributed by atoms with van der Waals surface area (Å²) < 4.78 is 0. The molecule has 0 aliphatic carbocycles. The van der Waals surface area contributed by atoms with Gasteiger partial charge in [0.25, 0.3) is 5.91 Å². The Kier molecular flexibility index (Phi) is 7.90. The molecule has 0 unspecified atom stereocenters. The zero-order valence-corrected chi connectivity index (χ0v) is 24.3. The minimum Gasteiger partial charge on any atom is -0.330 e. The minimum atomic E-state index is -0.134. The van der Waals surface area contributed by atoms with Crippen LogP contribution in [-0.2, 0) is 16.6 Å². The van der Waals surface area contributed by atoms with Gasteiger partial charge in [-0.3, -0.25) is 9.59 Å². The number of hydrogen-bond donors (Lipinski definition) is 0. The fraction of sp³-hybridized carbons (Fsp3) is 0.353. The number of carbonyl (C=O) groups is 2. The van der Waals surface area contributed by atoms with Crippen molar-refractivity contribution in [2.24, 2.45) is 0 Å². The first-order valence-electron chi connectivity index (χ1n) is 14.0. The fourth-order valence-corrected chi connectivity index (χ4v) is 6.37. The number of hydrogen-bond acceptors (Lipinski definition) is 3. The molecule has 0 spiro atoms. The summed E-state index contributed by atoms with van der Waals surface area (Å²) in [5, 5.41) is 4.27. The van der Waals surface area contributed by atoms with E-state index in [-0.39, 0.29) is 29.8 Å². The predicted molar refractivity (Wildman–Crippen MR) is 161 cm³/mol. The molecule has 1 aliphatic heterocycles. The first-order chi connectivity index (χ1) is 18.8. The van der Waals surface area contributed by atoms with Crippen molar-refractivity contribution in [3.63, 3.8) is 0 Å². The molecule has 0 saturated carbocycles. The minimum absolute atomic E-state index is 0.00184. The average molecular weight is 539 g/mol. The molecule has 1 aromatic heterocycles. The molecular formula is C34H38N2O2S. The molecule has 5 rings (SSSR count). The molecule has 2 heterocycles. The van der Waals surface area contributed by atoms with E-state index >= 15 is 0 Å². The first kappa shape index (κ1) is 27.1. The maximum atomic E-state index is 14.0. The van der Waals surface area contributed by atoms with Crippen LogP contribution in [0.3, 0.4) is 0 Å². The van der Waals surface area contributed by atoms with Gasteiger partial charge < -0.3 is 9.80 Å². The number of amides is 2. The van der Waals surface area contributed by atoms with Gasteiger partial charge >= 0.3 is 0 Å². The van der Waals surface area contributed by atoms with Crippen LogP contribution in [0.2, 0.25) is 0 Å². The molecule has 0 bridgehead atoms. The topological polar surface area (TPSA) is 40.6 Å². The lowest BCUT2D eigenvalue weighted by Crippen LogP contribution is -2.47. The molecule has 3 aromatic carbocycles. The number of nitrogens with zero attached hydrogens (tertiary/aromatic N) is 2. The van der Waals surface area contributed by atoms with Crippen molar-refractivity contribution in [2.45, 2.75) is 58.4 Å². The summed E-state index contributed by atoms with van der Waals surface area (Å²) in [4.78, 5) is 32.8. The Hall–Kier alpha value is -3.44. The lowest BCUT2D eigenvalue weighted by molar-refractivity contribution is -0.134. The largest absolute Gasteiger partial charge is 0.330 e. The Bertz CT molecular complexity index is 1460. The zero-order chi connectivity index (χ0) is 27.6. The number of fused-ring (bicyclic) bond motifs is 2. The van der Waals surface area contributed by atoms with Gasteiger partial charge in [0.15, 0.2) is 0 Å². The predicted octanol–water partition coefficient (Wildman–Crippen LogP) is 7.62. The van der Waals surface area contributed by atoms with Crippen LogP contribution < -0.4 is 0 Å². The SMILES string of the molecule is CCCCN(CC(=O)N1CCc2sccc2[C@@H]1c1ccc(C(C)(C)C)cc1)C(=O)c1ccc2ccccc2c1. The van der Waals surface area contributed by atoms with Crippen LogP contribution in [0, 0.1) is 0 Å². The Morgan fingerprint density at radius 3 is 2.44 bits per heavy atom. The van der Waals surface area contributed by atoms with Gasteiger partial charge in [-0.1, -0.05) is 88.7 Å². The third kappa shape index (κ3) is 5.79. The maximum Gasteiger partial charge on any atom is 0.254 e. The van der Waals surface area contributed by atoms with E-state index in [0.717, 1.165) is 35.6 Å². The number of unbranched alkanes of at least 4 members (excludes halogenated alkanes) is 1. The lowest BCUT2D eigenvalue weighted by Gasteiger charge is -2.38. The highest BCUT2D eigenvalue weighted by molar-refractivity contribution is 7.10. The van der Waals surface area contributed by atoms with E-state index in [4.69, 9.17) is 0 Å². The van der Waals surface area contributed by atoms with Crippen molar-refractivity contribution in [1.82, 2.24) is 9.80 Å². The monoisotopic (exact) mass is 538 g/mol. The first-order valence-corrected chi connectivity index (χ1v) is 14.9. The molecule has 4 aromatic rings. The Morgan fingerprint density at radius 1 is 0.974 bits per heavy atom. The molecule has 5 heteroatoms. The van der Waals surface area contributed by atoms with Crippen LogP contribution >= 0.6 is 11.3 Å². The van der Waals surface area contributed by atoms with Gasteiger partial charge in [0.2, 0.25) is 5.91 Å². The second-order valence-electron chi connectivity index (χ2n) is 11.6. The van der Waals surface area contributed by atoms with Crippen molar-refractivity contribution >= 4 is 33.9 Å². The summed E-state index contributed by atoms with van der Waals surface area (Å²) in [6.45, 7) is 10.1. The summed E-state index contributed by atoms with van der Waals surface area (Å²) in [6, 6.07) is 24.6. The molecule has 39 heavy (non-hydrogen) atoms. The highest BCUT2D eigenvalue weighted by Gasteiger charge is 2.34. The highest BCUT2D eigenvalue weighted by atomic mass is 32.1. The summed E-state index contributed by atoms with van der Waals surface area (Å²) in [5.41, 5.74) is 4.31. The van der Waals surface area contributed by atoms with Crippen LogP contribution in [0.15, 0.2) is 78.2 Å². The fourth-order valence-electron chi connectivity index (χ4n) is 5.47. The number of thiophene rings is 1. The standard InChI is InChI=1S/C34H38N2O2S/c1-5-6-19-35(33(38)27-12-11-24-9-7-8-10-26(24)22-27)23-31(37)36-20-17-30-29(18-21-39-30)32(36)25-13-15-28(16-14-25)34(2,3)4/h7-16,18,21-22,32H,5-6,17,19-20,23H2,1-4H3/t32-/m0/s1. The van der Waals surface area contributed by atoms with Crippen molar-refractivity contribution in [3.05, 3.63) is 105 Å². The van der Waals surface area contributed by atoms with Gasteiger partial charge in [0.05, 0.1) is 6.04 Å². The van der Waals surface area contributed by atoms with Crippen molar-refractivity contribution in [1.29, 1.82) is 0 Å². The molecule has 2 amide bonds. The van der Waals surface area contributed by atoms with Gasteiger partial charge in [-0.25, -0.2) is 0 Å². The second kappa shape index (κ2) is 11.4. The van der Waals surface area contributed by atoms with E-state index in [0.29, 0.717) is 18.7 Å². The van der Waals surface area contributed by atoms with E-state index in [1.54, 1.807) is 16.2 Å². The highest BCUT2D eigenvalue weighted by Crippen LogP contribution is 2.38. The average Bonchev–Trinajstić information content (AvgIpc) is 3.42. The van der Waals surface area contributed by atoms with Crippen LogP contribution in [0.5, 0.6) is 0 Å². The summed E-state index contributed by atoms with van der Waals surface area (Å²) >= 11 is 1.77. The molecule has 0 N–H and O–H groups in total. The quantitative estimate of drug-likeness (QED) is 0.243. The molecule has 1 atom stereocenters. The van der Waals surface area contributed by atoms with Crippen LogP contribution in [0.1, 0.15) is 78.5 Å². The third-order valence-electron chi connectivity index (χ3n) is 7.77. The molecule has 4 nitrogen and oxygen atoms in total. The van der Waals surface area contributed by atoms with Gasteiger partial charge in [-0.15, -0.1) is 11.3 Å². The Balaban J connectivity index is 1.43. The maximum absolute atomic E-state index is 14.0. The number of carbonyl (C=O) groups excluding carboxylic acids is 2. The van der Waals surface area contributed by atoms with Crippen LogP contribution in [0.25, 0.3) is 10.8 Å². The van der Waals surface area contributed by atoms with Crippen LogP contribution in [0.4, 0.5) is 0 Å². The Morgan fingerprint density at radius 2 is 1.72 bits per heavy atom. The third-order valence-corrected chi connectivity index (χ3v) is 8.77. The summed E-state index contributed by atoms with van der Waals surface area (Å²) in [5.74, 6) is -0.0798. The molecule has 0 saturated heterocycles. The van der Waals surface area contributed by atoms with Gasteiger partial charge in [-0.2, -0.15) is 0 Å². The van der Waals surface area contributed by atoms with Crippen molar-refractivity contribution in [3.8, 4) is 0 Å². The van der Waals surface area contributed by atoms with E-state index < -0.39 is 0 Å². The smallest absolute Gasteiger partial charge is 0.254 e. The summed E-state index contributed by atoms with van der Waals surface area (Å²) in [6.07, 6.45) is 2.67. The normalized spacial score (nSPS) is 15.3. The van der Waals surface area contributed by atoms with Crippen LogP contribution in [-0.4, -0.2) is 41.2 Å². The molecule has 1 aliphatic rings. The molecule has 202 valence electrons. The molecule has 0 fully saturated rings. The van der Waals surface area contributed by atoms with Crippen molar-refractivity contribution in [2.75, 3.05) is 19.6 Å². The summed E-state index contributed by atoms with van der Waals surface area (Å²) in [7, 11) is 0. The van der Waals surface area contributed by atoms with E-state index in [1.165, 1.54) is 16.0 Å². The zero-order valence-electron chi connectivity index (χ0n) is 23.4. The Labute approximate surface area is 236 Å². The van der Waals surface area contributed by atoms with Gasteiger partial charge in [0, 0.05) is 23.5 Å². The second-order valence-corrected chi connectivity index (χ2v) is 12.6. The lowest BCUT2D eigenvalue weighted by atomic mass is 9.85. The van der Waals surface area contributed by atoms with Gasteiger partial charge in [0.1, 0.15) is 6.54 Å². The van der Waals surface area contributed by atoms with E-state index in [1.807, 2.05) is 47.4 Å².